The Hall–Kier alpha value is -2.40. The zero-order valence-corrected chi connectivity index (χ0v) is 17.8. The molecule has 0 aromatic heterocycles. The molecule has 0 spiro atoms. The molecule has 4 fully saturated rings. The van der Waals surface area contributed by atoms with Crippen LogP contribution < -0.4 is 0 Å². The van der Waals surface area contributed by atoms with Crippen molar-refractivity contribution in [1.29, 1.82) is 0 Å². The highest BCUT2D eigenvalue weighted by molar-refractivity contribution is 7.87. The van der Waals surface area contributed by atoms with Gasteiger partial charge in [-0.3, -0.25) is 14.4 Å². The van der Waals surface area contributed by atoms with E-state index >= 15 is 0 Å². The summed E-state index contributed by atoms with van der Waals surface area (Å²) >= 11 is 0. The summed E-state index contributed by atoms with van der Waals surface area (Å²) in [5.41, 5.74) is -1.16. The second-order valence-electron chi connectivity index (χ2n) is 9.39. The molecule has 4 bridgehead atoms. The summed E-state index contributed by atoms with van der Waals surface area (Å²) in [5.74, 6) is -2.04. The van der Waals surface area contributed by atoms with Crippen LogP contribution in [-0.2, 0) is 23.9 Å². The van der Waals surface area contributed by atoms with Gasteiger partial charge in [0.15, 0.2) is 6.61 Å². The summed E-state index contributed by atoms with van der Waals surface area (Å²) in [4.78, 5) is 37.2. The molecular formula is C21H21F2NO7S. The number of halogens is 2. The molecule has 2 amide bonds. The maximum absolute atomic E-state index is 14.5. The van der Waals surface area contributed by atoms with Crippen molar-refractivity contribution in [3.05, 3.63) is 35.4 Å². The van der Waals surface area contributed by atoms with Crippen molar-refractivity contribution in [2.75, 3.05) is 6.61 Å². The molecule has 172 valence electrons. The van der Waals surface area contributed by atoms with Gasteiger partial charge < -0.3 is 4.74 Å². The minimum absolute atomic E-state index is 0.163. The number of benzene rings is 1. The van der Waals surface area contributed by atoms with Crippen LogP contribution in [0.2, 0.25) is 0 Å². The Morgan fingerprint density at radius 1 is 1.00 bits per heavy atom. The van der Waals surface area contributed by atoms with Crippen LogP contribution in [-0.4, -0.2) is 43.1 Å². The SMILES string of the molecule is O=C1c2ccccc2C(=O)N1OS(=O)(=O)C(F)(F)COC(=O)C12CC3CC(CC(C3)C1)C2. The average molecular weight is 469 g/mol. The van der Waals surface area contributed by atoms with E-state index in [9.17, 15) is 31.6 Å². The third-order valence-electron chi connectivity index (χ3n) is 7.14. The highest BCUT2D eigenvalue weighted by atomic mass is 32.2. The van der Waals surface area contributed by atoms with Crippen LogP contribution in [0.3, 0.4) is 0 Å². The van der Waals surface area contributed by atoms with Crippen LogP contribution in [0.4, 0.5) is 8.78 Å². The van der Waals surface area contributed by atoms with Gasteiger partial charge in [-0.1, -0.05) is 12.1 Å². The highest BCUT2D eigenvalue weighted by Crippen LogP contribution is 2.60. The second-order valence-corrected chi connectivity index (χ2v) is 11.0. The first-order chi connectivity index (χ1) is 15.0. The van der Waals surface area contributed by atoms with Gasteiger partial charge in [-0.25, -0.2) is 0 Å². The van der Waals surface area contributed by atoms with Gasteiger partial charge in [0.05, 0.1) is 16.5 Å². The van der Waals surface area contributed by atoms with E-state index in [0.717, 1.165) is 19.3 Å². The van der Waals surface area contributed by atoms with E-state index in [4.69, 9.17) is 4.74 Å². The fourth-order valence-corrected chi connectivity index (χ4v) is 6.77. The number of fused-ring (bicyclic) bond motifs is 1. The van der Waals surface area contributed by atoms with E-state index in [-0.39, 0.29) is 16.2 Å². The normalized spacial score (nSPS) is 31.2. The summed E-state index contributed by atoms with van der Waals surface area (Å²) in [6, 6.07) is 5.36. The van der Waals surface area contributed by atoms with Crippen LogP contribution in [0.25, 0.3) is 0 Å². The van der Waals surface area contributed by atoms with Crippen molar-refractivity contribution in [3.63, 3.8) is 0 Å². The number of carbonyl (C=O) groups is 3. The molecular weight excluding hydrogens is 448 g/mol. The number of rotatable bonds is 6. The third kappa shape index (κ3) is 3.24. The molecule has 6 rings (SSSR count). The van der Waals surface area contributed by atoms with Gasteiger partial charge in [0.25, 0.3) is 11.8 Å². The summed E-state index contributed by atoms with van der Waals surface area (Å²) in [6.07, 6.45) is 4.81. The molecule has 5 aliphatic rings. The lowest BCUT2D eigenvalue weighted by Crippen LogP contribution is -2.51. The highest BCUT2D eigenvalue weighted by Gasteiger charge is 2.57. The van der Waals surface area contributed by atoms with Crippen molar-refractivity contribution in [1.82, 2.24) is 5.06 Å². The average Bonchev–Trinajstić information content (AvgIpc) is 2.96. The number of ether oxygens (including phenoxy) is 1. The molecule has 1 aromatic rings. The predicted molar refractivity (Wildman–Crippen MR) is 103 cm³/mol. The van der Waals surface area contributed by atoms with Gasteiger partial charge >= 0.3 is 21.3 Å². The Kier molecular flexibility index (Phi) is 4.72. The van der Waals surface area contributed by atoms with E-state index < -0.39 is 45.2 Å². The fraction of sp³-hybridized carbons (Fsp3) is 0.571. The Balaban J connectivity index is 1.27. The zero-order valence-electron chi connectivity index (χ0n) is 17.0. The van der Waals surface area contributed by atoms with Gasteiger partial charge in [-0.2, -0.15) is 17.2 Å². The van der Waals surface area contributed by atoms with Crippen LogP contribution in [0, 0.1) is 23.2 Å². The number of esters is 1. The summed E-state index contributed by atoms with van der Waals surface area (Å²) < 4.78 is 62.5. The Morgan fingerprint density at radius 3 is 1.94 bits per heavy atom. The van der Waals surface area contributed by atoms with Crippen molar-refractivity contribution >= 4 is 27.9 Å². The van der Waals surface area contributed by atoms with Crippen LogP contribution >= 0.6 is 0 Å². The lowest BCUT2D eigenvalue weighted by Gasteiger charge is -2.55. The Morgan fingerprint density at radius 2 is 1.47 bits per heavy atom. The van der Waals surface area contributed by atoms with Gasteiger partial charge in [-0.15, -0.1) is 9.35 Å². The van der Waals surface area contributed by atoms with Crippen molar-refractivity contribution in [2.45, 2.75) is 43.8 Å². The second kappa shape index (κ2) is 7.05. The van der Waals surface area contributed by atoms with E-state index in [2.05, 4.69) is 4.28 Å². The molecule has 1 aromatic carbocycles. The number of hydroxylamine groups is 2. The molecule has 1 heterocycles. The number of carbonyl (C=O) groups excluding carboxylic acids is 3. The number of hydrogen-bond acceptors (Lipinski definition) is 7. The van der Waals surface area contributed by atoms with E-state index in [1.807, 2.05) is 0 Å². The zero-order chi connectivity index (χ0) is 22.9. The van der Waals surface area contributed by atoms with Crippen LogP contribution in [0.15, 0.2) is 24.3 Å². The summed E-state index contributed by atoms with van der Waals surface area (Å²) in [6.45, 7) is -1.75. The monoisotopic (exact) mass is 469 g/mol. The van der Waals surface area contributed by atoms with Crippen molar-refractivity contribution < 1.29 is 40.6 Å². The summed E-state index contributed by atoms with van der Waals surface area (Å²) in [5, 5.41) is -4.87. The molecule has 0 radical (unpaired) electrons. The topological polar surface area (TPSA) is 107 Å². The molecule has 0 atom stereocenters. The molecule has 4 saturated carbocycles. The number of imide groups is 1. The van der Waals surface area contributed by atoms with E-state index in [1.165, 1.54) is 24.3 Å². The molecule has 4 aliphatic carbocycles. The van der Waals surface area contributed by atoms with Crippen molar-refractivity contribution in [3.8, 4) is 0 Å². The quantitative estimate of drug-likeness (QED) is 0.466. The number of alkyl halides is 2. The van der Waals surface area contributed by atoms with Crippen LogP contribution in [0.5, 0.6) is 0 Å². The lowest BCUT2D eigenvalue weighted by atomic mass is 9.49. The van der Waals surface area contributed by atoms with Gasteiger partial charge in [-0.05, 0) is 68.4 Å². The van der Waals surface area contributed by atoms with Gasteiger partial charge in [0.2, 0.25) is 0 Å². The molecule has 8 nitrogen and oxygen atoms in total. The Labute approximate surface area is 182 Å². The lowest BCUT2D eigenvalue weighted by molar-refractivity contribution is -0.177. The summed E-state index contributed by atoms with van der Waals surface area (Å²) in [7, 11) is -5.80. The standard InChI is InChI=1S/C21H21F2NO7S/c22-21(23,11-30-19(27)20-8-12-5-13(9-20)7-14(6-12)10-20)32(28,29)31-24-17(25)15-3-1-2-4-16(15)18(24)26/h1-4,12-14H,5-11H2. The van der Waals surface area contributed by atoms with Crippen molar-refractivity contribution in [2.24, 2.45) is 23.2 Å². The minimum atomic E-state index is -5.80. The molecule has 0 unspecified atom stereocenters. The number of nitrogens with zero attached hydrogens (tertiary/aromatic N) is 1. The van der Waals surface area contributed by atoms with Gasteiger partial charge in [0.1, 0.15) is 0 Å². The van der Waals surface area contributed by atoms with Crippen LogP contribution in [0.1, 0.15) is 59.2 Å². The van der Waals surface area contributed by atoms with E-state index in [1.54, 1.807) is 0 Å². The predicted octanol–water partition coefficient (Wildman–Crippen LogP) is 2.90. The molecule has 0 N–H and O–H groups in total. The fourth-order valence-electron chi connectivity index (χ4n) is 6.12. The smallest absolute Gasteiger partial charge is 0.404 e. The molecule has 0 saturated heterocycles. The maximum Gasteiger partial charge on any atom is 0.404 e. The first kappa shape index (κ1) is 21.4. The first-order valence-electron chi connectivity index (χ1n) is 10.5. The van der Waals surface area contributed by atoms with Gasteiger partial charge in [0, 0.05) is 0 Å². The number of amides is 2. The largest absolute Gasteiger partial charge is 0.458 e. The maximum atomic E-state index is 14.5. The molecule has 32 heavy (non-hydrogen) atoms. The molecule has 11 heteroatoms. The molecule has 1 aliphatic heterocycles. The van der Waals surface area contributed by atoms with E-state index in [0.29, 0.717) is 37.0 Å². The third-order valence-corrected chi connectivity index (χ3v) is 8.33. The Bertz CT molecular complexity index is 1050. The minimum Gasteiger partial charge on any atom is -0.458 e. The first-order valence-corrected chi connectivity index (χ1v) is 11.9. The number of hydrogen-bond donors (Lipinski definition) is 0.